The molecule has 0 aliphatic carbocycles. The number of pyridine rings is 1. The second kappa shape index (κ2) is 8.59. The summed E-state index contributed by atoms with van der Waals surface area (Å²) in [5.41, 5.74) is 1.43. The van der Waals surface area contributed by atoms with E-state index in [1.165, 1.54) is 33.8 Å². The van der Waals surface area contributed by atoms with Crippen molar-refractivity contribution in [3.8, 4) is 22.8 Å². The van der Waals surface area contributed by atoms with E-state index >= 15 is 0 Å². The summed E-state index contributed by atoms with van der Waals surface area (Å²) >= 11 is 0. The molecular weight excluding hydrogens is 475 g/mol. The Morgan fingerprint density at radius 2 is 1.86 bits per heavy atom. The molecule has 11 heteroatoms. The Balaban J connectivity index is 1.47. The Bertz CT molecular complexity index is 1460. The number of halogens is 3. The van der Waals surface area contributed by atoms with Gasteiger partial charge in [-0.2, -0.15) is 18.3 Å². The number of amides is 1. The number of nitrogens with zero attached hydrogens (tertiary/aromatic N) is 4. The number of aromatic nitrogens is 3. The average Bonchev–Trinajstić information content (AvgIpc) is 3.42. The molecular formula is C25H20F3N5O3. The Hall–Kier alpha value is -4.54. The van der Waals surface area contributed by atoms with Crippen LogP contribution in [0, 0.1) is 0 Å². The van der Waals surface area contributed by atoms with E-state index in [0.29, 0.717) is 12.4 Å². The molecule has 0 saturated heterocycles. The van der Waals surface area contributed by atoms with Crippen LogP contribution in [0.2, 0.25) is 0 Å². The number of fused-ring (bicyclic) bond motifs is 1. The molecule has 184 valence electrons. The van der Waals surface area contributed by atoms with E-state index in [9.17, 15) is 28.2 Å². The van der Waals surface area contributed by atoms with Gasteiger partial charge in [0.25, 0.3) is 5.91 Å². The zero-order valence-corrected chi connectivity index (χ0v) is 18.9. The molecule has 3 N–H and O–H groups in total. The monoisotopic (exact) mass is 495 g/mol. The highest BCUT2D eigenvalue weighted by molar-refractivity contribution is 6.03. The van der Waals surface area contributed by atoms with Crippen LogP contribution < -0.4 is 5.32 Å². The topological polar surface area (TPSA) is 104 Å². The summed E-state index contributed by atoms with van der Waals surface area (Å²) in [4.78, 5) is 19.2. The number of phenols is 2. The maximum atomic E-state index is 13.4. The molecule has 1 amide bonds. The van der Waals surface area contributed by atoms with Crippen LogP contribution >= 0.6 is 0 Å². The Kier molecular flexibility index (Phi) is 5.54. The van der Waals surface area contributed by atoms with Gasteiger partial charge < -0.3 is 20.4 Å². The van der Waals surface area contributed by atoms with Gasteiger partial charge in [-0.15, -0.1) is 0 Å². The first-order chi connectivity index (χ1) is 17.1. The summed E-state index contributed by atoms with van der Waals surface area (Å²) in [6, 6.07) is 12.3. The number of hydrogen-bond donors (Lipinski definition) is 3. The first-order valence-corrected chi connectivity index (χ1v) is 10.9. The van der Waals surface area contributed by atoms with Gasteiger partial charge in [0.2, 0.25) is 0 Å². The zero-order valence-electron chi connectivity index (χ0n) is 18.9. The molecule has 0 bridgehead atoms. The number of alkyl halides is 3. The van der Waals surface area contributed by atoms with E-state index in [-0.39, 0.29) is 34.8 Å². The van der Waals surface area contributed by atoms with E-state index in [1.54, 1.807) is 19.3 Å². The SMILES string of the molecule is Cn1nc(-c2cccc(C(F)(F)F)c2)cc1Nc1cc(O)cc(O)c1C(=O)N1Cc2cccnc2C1. The Morgan fingerprint density at radius 3 is 2.61 bits per heavy atom. The van der Waals surface area contributed by atoms with Gasteiger partial charge in [-0.05, 0) is 23.8 Å². The highest BCUT2D eigenvalue weighted by Gasteiger charge is 2.31. The van der Waals surface area contributed by atoms with Gasteiger partial charge in [-0.1, -0.05) is 18.2 Å². The standard InChI is InChI=1S/C25H20F3N5O3/c1-32-22(11-18(31-32)14-4-2-6-16(8-14)25(26,27)28)30-19-9-17(34)10-21(35)23(19)24(36)33-12-15-5-3-7-29-20(15)13-33/h2-11,30,34-35H,12-13H2,1H3. The van der Waals surface area contributed by atoms with Crippen molar-refractivity contribution in [2.45, 2.75) is 19.3 Å². The molecule has 0 fully saturated rings. The van der Waals surface area contributed by atoms with Crippen LogP contribution in [0.3, 0.4) is 0 Å². The smallest absolute Gasteiger partial charge is 0.416 e. The molecule has 0 atom stereocenters. The normalized spacial score (nSPS) is 13.1. The van der Waals surface area contributed by atoms with Crippen molar-refractivity contribution < 1.29 is 28.2 Å². The maximum Gasteiger partial charge on any atom is 0.416 e. The molecule has 2 aromatic heterocycles. The third-order valence-electron chi connectivity index (χ3n) is 5.92. The van der Waals surface area contributed by atoms with Crippen molar-refractivity contribution in [3.05, 3.63) is 83.2 Å². The average molecular weight is 495 g/mol. The predicted molar refractivity (Wildman–Crippen MR) is 125 cm³/mol. The summed E-state index contributed by atoms with van der Waals surface area (Å²) in [5, 5.41) is 27.9. The summed E-state index contributed by atoms with van der Waals surface area (Å²) in [6.07, 6.45) is -2.85. The molecule has 0 spiro atoms. The van der Waals surface area contributed by atoms with Crippen LogP contribution in [0.5, 0.6) is 11.5 Å². The van der Waals surface area contributed by atoms with Gasteiger partial charge in [0, 0.05) is 43.6 Å². The van der Waals surface area contributed by atoms with Crippen molar-refractivity contribution in [2.75, 3.05) is 5.32 Å². The minimum Gasteiger partial charge on any atom is -0.508 e. The molecule has 2 aromatic carbocycles. The van der Waals surface area contributed by atoms with Crippen LogP contribution in [-0.4, -0.2) is 35.8 Å². The molecule has 1 aliphatic rings. The number of rotatable bonds is 4. The molecule has 1 aliphatic heterocycles. The minimum atomic E-state index is -4.50. The highest BCUT2D eigenvalue weighted by Crippen LogP contribution is 2.37. The Morgan fingerprint density at radius 1 is 1.06 bits per heavy atom. The summed E-state index contributed by atoms with van der Waals surface area (Å²) in [7, 11) is 1.58. The molecule has 5 rings (SSSR count). The lowest BCUT2D eigenvalue weighted by molar-refractivity contribution is -0.137. The molecule has 0 unspecified atom stereocenters. The number of nitrogens with one attached hydrogen (secondary N) is 1. The maximum absolute atomic E-state index is 13.4. The number of anilines is 2. The van der Waals surface area contributed by atoms with Crippen molar-refractivity contribution in [1.82, 2.24) is 19.7 Å². The van der Waals surface area contributed by atoms with Crippen molar-refractivity contribution in [2.24, 2.45) is 7.05 Å². The van der Waals surface area contributed by atoms with E-state index in [4.69, 9.17) is 0 Å². The highest BCUT2D eigenvalue weighted by atomic mass is 19.4. The fourth-order valence-corrected chi connectivity index (χ4v) is 4.16. The number of hydrogen-bond acceptors (Lipinski definition) is 6. The third kappa shape index (κ3) is 4.30. The van der Waals surface area contributed by atoms with Gasteiger partial charge in [-0.25, -0.2) is 0 Å². The number of benzene rings is 2. The molecule has 0 saturated carbocycles. The number of phenolic OH excluding ortho intramolecular Hbond substituents is 2. The number of carbonyl (C=O) groups excluding carboxylic acids is 1. The second-order valence-corrected chi connectivity index (χ2v) is 8.40. The van der Waals surface area contributed by atoms with Crippen molar-refractivity contribution in [3.63, 3.8) is 0 Å². The first-order valence-electron chi connectivity index (χ1n) is 10.9. The summed E-state index contributed by atoms with van der Waals surface area (Å²) < 4.78 is 40.8. The second-order valence-electron chi connectivity index (χ2n) is 8.40. The van der Waals surface area contributed by atoms with Gasteiger partial charge in [-0.3, -0.25) is 14.5 Å². The number of aromatic hydroxyl groups is 2. The fourth-order valence-electron chi connectivity index (χ4n) is 4.16. The molecule has 8 nitrogen and oxygen atoms in total. The molecule has 3 heterocycles. The Labute approximate surface area is 203 Å². The summed E-state index contributed by atoms with van der Waals surface area (Å²) in [6.45, 7) is 0.577. The zero-order chi connectivity index (χ0) is 25.6. The van der Waals surface area contributed by atoms with Crippen LogP contribution in [0.1, 0.15) is 27.2 Å². The number of carbonyl (C=O) groups is 1. The lowest BCUT2D eigenvalue weighted by atomic mass is 10.1. The third-order valence-corrected chi connectivity index (χ3v) is 5.92. The quantitative estimate of drug-likeness (QED) is 0.376. The van der Waals surface area contributed by atoms with Crippen molar-refractivity contribution in [1.29, 1.82) is 0 Å². The first kappa shape index (κ1) is 23.2. The van der Waals surface area contributed by atoms with E-state index in [2.05, 4.69) is 15.4 Å². The predicted octanol–water partition coefficient (Wildman–Crippen LogP) is 4.81. The van der Waals surface area contributed by atoms with Gasteiger partial charge in [0.05, 0.1) is 29.2 Å². The number of aryl methyl sites for hydroxylation is 1. The van der Waals surface area contributed by atoms with Gasteiger partial charge >= 0.3 is 6.18 Å². The van der Waals surface area contributed by atoms with Gasteiger partial charge in [0.15, 0.2) is 0 Å². The van der Waals surface area contributed by atoms with Crippen LogP contribution in [0.25, 0.3) is 11.3 Å². The largest absolute Gasteiger partial charge is 0.508 e. The molecule has 0 radical (unpaired) electrons. The van der Waals surface area contributed by atoms with E-state index in [0.717, 1.165) is 29.5 Å². The molecule has 4 aromatic rings. The lowest BCUT2D eigenvalue weighted by Crippen LogP contribution is -2.26. The van der Waals surface area contributed by atoms with Gasteiger partial charge in [0.1, 0.15) is 22.9 Å². The lowest BCUT2D eigenvalue weighted by Gasteiger charge is -2.19. The summed E-state index contributed by atoms with van der Waals surface area (Å²) in [5.74, 6) is -0.856. The van der Waals surface area contributed by atoms with Crippen LogP contribution in [-0.2, 0) is 26.3 Å². The fraction of sp³-hybridized carbons (Fsp3) is 0.160. The van der Waals surface area contributed by atoms with E-state index < -0.39 is 23.4 Å². The van der Waals surface area contributed by atoms with E-state index in [1.807, 2.05) is 6.07 Å². The van der Waals surface area contributed by atoms with Crippen molar-refractivity contribution >= 4 is 17.4 Å². The van der Waals surface area contributed by atoms with Crippen LogP contribution in [0.15, 0.2) is 60.8 Å². The minimum absolute atomic E-state index is 0.0672. The van der Waals surface area contributed by atoms with Crippen LogP contribution in [0.4, 0.5) is 24.7 Å². The molecule has 36 heavy (non-hydrogen) atoms.